The second-order valence-corrected chi connectivity index (χ2v) is 14.2. The Kier molecular flexibility index (Phi) is 10.7. The molecule has 11 nitrogen and oxygen atoms in total. The Hall–Kier alpha value is -0.890. The highest BCUT2D eigenvalue weighted by atomic mass is 16.6. The van der Waals surface area contributed by atoms with Crippen LogP contribution in [-0.4, -0.2) is 112 Å². The van der Waals surface area contributed by atoms with Gasteiger partial charge in [0, 0.05) is 12.3 Å². The first-order valence-electron chi connectivity index (χ1n) is 13.9. The molecular formula is C28H54N2O9. The Labute approximate surface area is 233 Å². The van der Waals surface area contributed by atoms with Crippen LogP contribution >= 0.6 is 0 Å². The average Bonchev–Trinajstić information content (AvgIpc) is 2.77. The molecule has 6 unspecified atom stereocenters. The first-order chi connectivity index (χ1) is 17.6. The number of hydrogen-bond acceptors (Lipinski definition) is 10. The van der Waals surface area contributed by atoms with Crippen LogP contribution in [-0.2, 0) is 23.7 Å². The molecule has 2 rings (SSSR count). The van der Waals surface area contributed by atoms with Crippen LogP contribution in [0.5, 0.6) is 0 Å². The molecule has 39 heavy (non-hydrogen) atoms. The highest BCUT2D eigenvalue weighted by Crippen LogP contribution is 2.45. The summed E-state index contributed by atoms with van der Waals surface area (Å²) in [6.45, 7) is 19.3. The molecule has 0 aromatic rings. The molecule has 0 radical (unpaired) electrons. The van der Waals surface area contributed by atoms with Gasteiger partial charge < -0.3 is 50.4 Å². The van der Waals surface area contributed by atoms with Gasteiger partial charge in [0.25, 0.3) is 0 Å². The normalized spacial score (nSPS) is 37.0. The Morgan fingerprint density at radius 1 is 0.821 bits per heavy atom. The Bertz CT molecular complexity index is 821. The van der Waals surface area contributed by atoms with E-state index in [2.05, 4.69) is 5.32 Å². The molecule has 1 amide bonds. The molecule has 0 saturated carbocycles. The summed E-state index contributed by atoms with van der Waals surface area (Å²) >= 11 is 0. The lowest BCUT2D eigenvalue weighted by molar-refractivity contribution is -0.296. The van der Waals surface area contributed by atoms with E-state index in [4.69, 9.17) is 24.7 Å². The third-order valence-corrected chi connectivity index (χ3v) is 8.25. The smallest absolute Gasteiger partial charge is 0.217 e. The number of carbonyl (C=O) groups excluding carboxylic acids is 1. The largest absolute Gasteiger partial charge is 0.394 e. The van der Waals surface area contributed by atoms with Crippen molar-refractivity contribution in [2.45, 2.75) is 148 Å². The van der Waals surface area contributed by atoms with E-state index in [1.165, 1.54) is 6.92 Å². The molecule has 2 aliphatic rings. The maximum absolute atomic E-state index is 12.0. The maximum atomic E-state index is 12.0. The predicted molar refractivity (Wildman–Crippen MR) is 146 cm³/mol. The van der Waals surface area contributed by atoms with Crippen molar-refractivity contribution in [2.75, 3.05) is 13.2 Å². The van der Waals surface area contributed by atoms with Crippen LogP contribution in [0.25, 0.3) is 0 Å². The van der Waals surface area contributed by atoms with Gasteiger partial charge in [0.2, 0.25) is 5.91 Å². The monoisotopic (exact) mass is 562 g/mol. The average molecular weight is 563 g/mol. The lowest BCUT2D eigenvalue weighted by atomic mass is 9.68. The first kappa shape index (κ1) is 34.3. The molecule has 2 saturated heterocycles. The van der Waals surface area contributed by atoms with Gasteiger partial charge in [-0.3, -0.25) is 4.79 Å². The fourth-order valence-electron chi connectivity index (χ4n) is 5.55. The molecule has 2 heterocycles. The number of nitrogens with one attached hydrogen (secondary N) is 1. The lowest BCUT2D eigenvalue weighted by Gasteiger charge is -2.56. The molecule has 0 aliphatic carbocycles. The van der Waals surface area contributed by atoms with E-state index < -0.39 is 89.6 Å². The van der Waals surface area contributed by atoms with E-state index in [1.54, 1.807) is 0 Å². The van der Waals surface area contributed by atoms with Gasteiger partial charge in [-0.05, 0) is 40.0 Å². The lowest BCUT2D eigenvalue weighted by Crippen LogP contribution is -2.71. The van der Waals surface area contributed by atoms with Gasteiger partial charge in [-0.15, -0.1) is 0 Å². The molecule has 7 N–H and O–H groups in total. The van der Waals surface area contributed by atoms with Crippen molar-refractivity contribution in [3.63, 3.8) is 0 Å². The summed E-state index contributed by atoms with van der Waals surface area (Å²) in [6, 6.07) is -1.66. The van der Waals surface area contributed by atoms with Gasteiger partial charge in [-0.25, -0.2) is 0 Å². The number of carbonyl (C=O) groups is 1. The van der Waals surface area contributed by atoms with Gasteiger partial charge >= 0.3 is 0 Å². The fraction of sp³-hybridized carbons (Fsp3) is 0.964. The highest BCUT2D eigenvalue weighted by molar-refractivity contribution is 5.73. The molecule has 11 heteroatoms. The van der Waals surface area contributed by atoms with Crippen molar-refractivity contribution >= 4 is 5.91 Å². The van der Waals surface area contributed by atoms with Crippen LogP contribution in [0.4, 0.5) is 0 Å². The SMILES string of the molecule is CC(=O)NC1C(O)[C@H](OC(C)(C)C(C)(C)[C@@H]2OC(CO)[C@@H](OC(C)(C)C)C(O)C2N)C(CO)O[C@H]1C(C)(C)C. The van der Waals surface area contributed by atoms with Crippen LogP contribution in [0.3, 0.4) is 0 Å². The zero-order valence-electron chi connectivity index (χ0n) is 25.6. The van der Waals surface area contributed by atoms with E-state index in [0.29, 0.717) is 0 Å². The Morgan fingerprint density at radius 2 is 1.28 bits per heavy atom. The number of nitrogens with two attached hydrogens (primary N) is 1. The van der Waals surface area contributed by atoms with Crippen molar-refractivity contribution in [2.24, 2.45) is 16.6 Å². The van der Waals surface area contributed by atoms with Crippen molar-refractivity contribution in [1.29, 1.82) is 0 Å². The summed E-state index contributed by atoms with van der Waals surface area (Å²) < 4.78 is 25.1. The fourth-order valence-corrected chi connectivity index (χ4v) is 5.55. The minimum Gasteiger partial charge on any atom is -0.394 e. The minimum absolute atomic E-state index is 0.324. The second-order valence-electron chi connectivity index (χ2n) is 14.2. The first-order valence-corrected chi connectivity index (χ1v) is 13.9. The van der Waals surface area contributed by atoms with Crippen LogP contribution in [0.1, 0.15) is 76.2 Å². The number of aliphatic hydroxyl groups is 4. The van der Waals surface area contributed by atoms with Gasteiger partial charge in [0.1, 0.15) is 36.6 Å². The van der Waals surface area contributed by atoms with Crippen molar-refractivity contribution < 1.29 is 44.2 Å². The zero-order valence-corrected chi connectivity index (χ0v) is 25.6. The summed E-state index contributed by atoms with van der Waals surface area (Å²) in [5, 5.41) is 45.8. The summed E-state index contributed by atoms with van der Waals surface area (Å²) in [4.78, 5) is 12.0. The summed E-state index contributed by atoms with van der Waals surface area (Å²) in [7, 11) is 0. The number of rotatable bonds is 8. The van der Waals surface area contributed by atoms with Crippen LogP contribution in [0.2, 0.25) is 0 Å². The molecule has 0 aromatic carbocycles. The quantitative estimate of drug-likeness (QED) is 0.244. The van der Waals surface area contributed by atoms with E-state index >= 15 is 0 Å². The maximum Gasteiger partial charge on any atom is 0.217 e. The van der Waals surface area contributed by atoms with E-state index in [0.717, 1.165) is 0 Å². The molecule has 0 aromatic heterocycles. The number of ether oxygens (including phenoxy) is 4. The highest BCUT2D eigenvalue weighted by Gasteiger charge is 2.58. The summed E-state index contributed by atoms with van der Waals surface area (Å²) in [6.07, 6.45) is -7.21. The molecule has 230 valence electrons. The Balaban J connectivity index is 2.38. The predicted octanol–water partition coefficient (Wildman–Crippen LogP) is 0.479. The molecule has 0 bridgehead atoms. The molecular weight excluding hydrogens is 508 g/mol. The van der Waals surface area contributed by atoms with E-state index in [1.807, 2.05) is 69.2 Å². The van der Waals surface area contributed by atoms with Gasteiger partial charge in [0.15, 0.2) is 0 Å². The topological polar surface area (TPSA) is 173 Å². The second kappa shape index (κ2) is 12.1. The number of amides is 1. The summed E-state index contributed by atoms with van der Waals surface area (Å²) in [5.41, 5.74) is 3.53. The van der Waals surface area contributed by atoms with E-state index in [9.17, 15) is 25.2 Å². The minimum atomic E-state index is -1.19. The van der Waals surface area contributed by atoms with Crippen molar-refractivity contribution in [3.8, 4) is 0 Å². The standard InChI is InChI=1S/C28H54N2O9/c1-14(33)30-18-20(35)22(16(13-32)37-24(18)25(2,3)4)39-28(10,11)27(8,9)23-17(29)19(34)21(15(12-31)36-23)38-26(5,6)7/h15-24,31-32,34-35H,12-13,29H2,1-11H3,(H,30,33)/t15?,16?,17?,18?,19?,20?,21-,22-,23-,24-/m1/s1. The zero-order chi connectivity index (χ0) is 30.3. The Morgan fingerprint density at radius 3 is 1.69 bits per heavy atom. The molecule has 10 atom stereocenters. The molecule has 2 fully saturated rings. The van der Waals surface area contributed by atoms with Gasteiger partial charge in [0.05, 0.1) is 48.7 Å². The third kappa shape index (κ3) is 7.50. The van der Waals surface area contributed by atoms with Crippen LogP contribution in [0, 0.1) is 10.8 Å². The van der Waals surface area contributed by atoms with E-state index in [-0.39, 0.29) is 12.5 Å². The number of aliphatic hydroxyl groups excluding tert-OH is 4. The summed E-state index contributed by atoms with van der Waals surface area (Å²) in [5.74, 6) is -0.324. The van der Waals surface area contributed by atoms with Crippen molar-refractivity contribution in [3.05, 3.63) is 0 Å². The van der Waals surface area contributed by atoms with Crippen LogP contribution < -0.4 is 11.1 Å². The third-order valence-electron chi connectivity index (χ3n) is 8.25. The van der Waals surface area contributed by atoms with Crippen molar-refractivity contribution in [1.82, 2.24) is 5.32 Å². The van der Waals surface area contributed by atoms with Crippen LogP contribution in [0.15, 0.2) is 0 Å². The molecule has 0 spiro atoms. The van der Waals surface area contributed by atoms with Gasteiger partial charge in [-0.2, -0.15) is 0 Å². The number of hydrogen-bond donors (Lipinski definition) is 6. The molecule has 2 aliphatic heterocycles. The van der Waals surface area contributed by atoms with Gasteiger partial charge in [-0.1, -0.05) is 34.6 Å².